The van der Waals surface area contributed by atoms with Crippen molar-refractivity contribution in [2.24, 2.45) is 5.73 Å². The Kier molecular flexibility index (Phi) is 8.81. The molecule has 6 nitrogen and oxygen atoms in total. The number of hydrogen-bond donors (Lipinski definition) is 1. The molecule has 28 heavy (non-hydrogen) atoms. The van der Waals surface area contributed by atoms with E-state index >= 15 is 0 Å². The minimum atomic E-state index is -0.651. The Labute approximate surface area is 169 Å². The van der Waals surface area contributed by atoms with Crippen LogP contribution >= 0.6 is 11.8 Å². The van der Waals surface area contributed by atoms with Gasteiger partial charge in [0.05, 0.1) is 13.2 Å². The molecule has 0 saturated heterocycles. The smallest absolute Gasteiger partial charge is 0.319 e. The number of nitrogens with two attached hydrogens (primary N) is 1. The van der Waals surface area contributed by atoms with Crippen molar-refractivity contribution in [2.75, 3.05) is 13.2 Å². The van der Waals surface area contributed by atoms with E-state index in [0.717, 1.165) is 41.6 Å². The van der Waals surface area contributed by atoms with E-state index < -0.39 is 16.5 Å². The lowest BCUT2D eigenvalue weighted by atomic mass is 10.1. The molecule has 0 spiro atoms. The Balaban J connectivity index is 1.86. The number of hydrogen-bond acceptors (Lipinski definition) is 6. The number of aromatic nitrogens is 1. The molecule has 1 aromatic heterocycles. The van der Waals surface area contributed by atoms with Crippen LogP contribution in [0.3, 0.4) is 0 Å². The second kappa shape index (κ2) is 11.3. The van der Waals surface area contributed by atoms with Gasteiger partial charge in [0.2, 0.25) is 0 Å². The molecule has 2 N–H and O–H groups in total. The van der Waals surface area contributed by atoms with E-state index in [2.05, 4.69) is 18.0 Å². The van der Waals surface area contributed by atoms with Crippen molar-refractivity contribution in [3.8, 4) is 5.75 Å². The zero-order chi connectivity index (χ0) is 20.4. The minimum absolute atomic E-state index is 0.261. The van der Waals surface area contributed by atoms with E-state index in [1.807, 2.05) is 36.5 Å². The molecule has 0 saturated carbocycles. The molecular formula is C21H26N2O4S. The number of esters is 1. The summed E-state index contributed by atoms with van der Waals surface area (Å²) in [4.78, 5) is 27.6. The van der Waals surface area contributed by atoms with Gasteiger partial charge in [-0.05, 0) is 60.9 Å². The SMILES string of the molecule is CCOC(=O)C(Cc1ccc(OCCc2ccc(CC)cn2)cc1)SC(N)=O. The molecule has 0 aliphatic heterocycles. The predicted molar refractivity (Wildman–Crippen MR) is 111 cm³/mol. The molecule has 1 amide bonds. The van der Waals surface area contributed by atoms with Crippen molar-refractivity contribution in [2.45, 2.75) is 38.4 Å². The van der Waals surface area contributed by atoms with Crippen molar-refractivity contribution in [3.63, 3.8) is 0 Å². The van der Waals surface area contributed by atoms with Gasteiger partial charge in [0.25, 0.3) is 5.24 Å². The summed E-state index contributed by atoms with van der Waals surface area (Å²) in [6.07, 6.45) is 3.96. The lowest BCUT2D eigenvalue weighted by Gasteiger charge is -2.14. The highest BCUT2D eigenvalue weighted by Crippen LogP contribution is 2.20. The van der Waals surface area contributed by atoms with Crippen molar-refractivity contribution in [3.05, 3.63) is 59.4 Å². The maximum absolute atomic E-state index is 12.0. The zero-order valence-electron chi connectivity index (χ0n) is 16.2. The van der Waals surface area contributed by atoms with Gasteiger partial charge in [-0.25, -0.2) is 0 Å². The van der Waals surface area contributed by atoms with Gasteiger partial charge in [0.1, 0.15) is 11.0 Å². The first-order valence-corrected chi connectivity index (χ1v) is 10.2. The number of carbonyl (C=O) groups is 2. The summed E-state index contributed by atoms with van der Waals surface area (Å²) in [5.74, 6) is 0.303. The van der Waals surface area contributed by atoms with Crippen molar-refractivity contribution in [1.29, 1.82) is 0 Å². The topological polar surface area (TPSA) is 91.5 Å². The van der Waals surface area contributed by atoms with E-state index in [9.17, 15) is 9.59 Å². The number of carbonyl (C=O) groups excluding carboxylic acids is 2. The lowest BCUT2D eigenvalue weighted by Crippen LogP contribution is -2.25. The standard InChI is InChI=1S/C21H26N2O4S/c1-3-15-5-8-17(23-14-15)11-12-27-18-9-6-16(7-10-18)13-19(28-21(22)25)20(24)26-4-2/h5-10,14,19H,3-4,11-13H2,1-2H3,(H2,22,25). The summed E-state index contributed by atoms with van der Waals surface area (Å²) in [5.41, 5.74) is 8.33. The van der Waals surface area contributed by atoms with Gasteiger partial charge < -0.3 is 15.2 Å². The molecule has 150 valence electrons. The fraction of sp³-hybridized carbons (Fsp3) is 0.381. The van der Waals surface area contributed by atoms with E-state index in [1.54, 1.807) is 6.92 Å². The predicted octanol–water partition coefficient (Wildman–Crippen LogP) is 3.55. The molecule has 1 unspecified atom stereocenters. The molecule has 1 heterocycles. The fourth-order valence-electron chi connectivity index (χ4n) is 2.57. The Hall–Kier alpha value is -2.54. The molecule has 1 atom stereocenters. The van der Waals surface area contributed by atoms with Gasteiger partial charge in [-0.1, -0.05) is 25.1 Å². The first-order valence-electron chi connectivity index (χ1n) is 9.30. The highest BCUT2D eigenvalue weighted by Gasteiger charge is 2.23. The number of primary amides is 1. The number of nitrogens with zero attached hydrogens (tertiary/aromatic N) is 1. The average molecular weight is 403 g/mol. The summed E-state index contributed by atoms with van der Waals surface area (Å²) in [7, 11) is 0. The molecule has 0 bridgehead atoms. The van der Waals surface area contributed by atoms with E-state index in [0.29, 0.717) is 13.0 Å². The van der Waals surface area contributed by atoms with Crippen LogP contribution in [0.25, 0.3) is 0 Å². The van der Waals surface area contributed by atoms with E-state index in [1.165, 1.54) is 5.56 Å². The quantitative estimate of drug-likeness (QED) is 0.611. The molecule has 0 aliphatic carbocycles. The number of amides is 1. The Morgan fingerprint density at radius 3 is 2.39 bits per heavy atom. The van der Waals surface area contributed by atoms with Crippen LogP contribution in [0, 0.1) is 0 Å². The number of rotatable bonds is 10. The molecule has 2 rings (SSSR count). The third kappa shape index (κ3) is 7.23. The first kappa shape index (κ1) is 21.8. The van der Waals surface area contributed by atoms with Crippen molar-refractivity contribution in [1.82, 2.24) is 4.98 Å². The van der Waals surface area contributed by atoms with Gasteiger partial charge in [-0.3, -0.25) is 14.6 Å². The largest absolute Gasteiger partial charge is 0.493 e. The van der Waals surface area contributed by atoms with Gasteiger partial charge in [-0.2, -0.15) is 0 Å². The molecule has 0 aliphatic rings. The number of thioether (sulfide) groups is 1. The third-order valence-electron chi connectivity index (χ3n) is 4.07. The lowest BCUT2D eigenvalue weighted by molar-refractivity contribution is -0.142. The maximum Gasteiger partial charge on any atom is 0.319 e. The molecule has 1 aromatic carbocycles. The molecule has 0 fully saturated rings. The summed E-state index contributed by atoms with van der Waals surface area (Å²) < 4.78 is 10.8. The monoisotopic (exact) mass is 402 g/mol. The number of ether oxygens (including phenoxy) is 2. The fourth-order valence-corrected chi connectivity index (χ4v) is 3.29. The Morgan fingerprint density at radius 1 is 1.11 bits per heavy atom. The highest BCUT2D eigenvalue weighted by atomic mass is 32.2. The molecule has 0 radical (unpaired) electrons. The van der Waals surface area contributed by atoms with Crippen LogP contribution in [0.1, 0.15) is 30.7 Å². The van der Waals surface area contributed by atoms with E-state index in [4.69, 9.17) is 15.2 Å². The summed E-state index contributed by atoms with van der Waals surface area (Å²) in [5, 5.41) is -1.25. The maximum atomic E-state index is 12.0. The summed E-state index contributed by atoms with van der Waals surface area (Å²) in [6.45, 7) is 4.62. The average Bonchev–Trinajstić information content (AvgIpc) is 2.69. The minimum Gasteiger partial charge on any atom is -0.493 e. The van der Waals surface area contributed by atoms with E-state index in [-0.39, 0.29) is 6.61 Å². The second-order valence-corrected chi connectivity index (χ2v) is 7.34. The first-order chi connectivity index (χ1) is 13.5. The number of benzene rings is 1. The van der Waals surface area contributed by atoms with Crippen LogP contribution < -0.4 is 10.5 Å². The zero-order valence-corrected chi connectivity index (χ0v) is 17.0. The summed E-state index contributed by atoms with van der Waals surface area (Å²) in [6, 6.07) is 11.5. The van der Waals surface area contributed by atoms with Gasteiger partial charge in [-0.15, -0.1) is 0 Å². The van der Waals surface area contributed by atoms with Crippen LogP contribution in [-0.4, -0.2) is 34.7 Å². The molecule has 7 heteroatoms. The van der Waals surface area contributed by atoms with Crippen LogP contribution in [0.15, 0.2) is 42.6 Å². The van der Waals surface area contributed by atoms with Crippen molar-refractivity contribution < 1.29 is 19.1 Å². The van der Waals surface area contributed by atoms with Crippen molar-refractivity contribution >= 4 is 23.0 Å². The molecule has 2 aromatic rings. The van der Waals surface area contributed by atoms with Gasteiger partial charge >= 0.3 is 5.97 Å². The van der Waals surface area contributed by atoms with Crippen LogP contribution in [0.5, 0.6) is 5.75 Å². The van der Waals surface area contributed by atoms with Crippen LogP contribution in [-0.2, 0) is 28.8 Å². The van der Waals surface area contributed by atoms with Crippen LogP contribution in [0.2, 0.25) is 0 Å². The van der Waals surface area contributed by atoms with Gasteiger partial charge in [0, 0.05) is 18.3 Å². The summed E-state index contributed by atoms with van der Waals surface area (Å²) >= 11 is 0.787. The normalized spacial score (nSPS) is 11.6. The Morgan fingerprint density at radius 2 is 1.82 bits per heavy atom. The number of aryl methyl sites for hydroxylation is 1. The third-order valence-corrected chi connectivity index (χ3v) is 4.95. The Bertz CT molecular complexity index is 763. The second-order valence-electron chi connectivity index (χ2n) is 6.14. The molecular weight excluding hydrogens is 376 g/mol. The number of pyridine rings is 1. The highest BCUT2D eigenvalue weighted by molar-refractivity contribution is 8.14. The van der Waals surface area contributed by atoms with Crippen LogP contribution in [0.4, 0.5) is 4.79 Å². The van der Waals surface area contributed by atoms with Gasteiger partial charge in [0.15, 0.2) is 0 Å².